The van der Waals surface area contributed by atoms with Crippen molar-refractivity contribution in [3.05, 3.63) is 48.5 Å². The summed E-state index contributed by atoms with van der Waals surface area (Å²) in [6.45, 7) is 4.17. The fraction of sp³-hybridized carbons (Fsp3) is 0.417. The number of piperidine rings is 1. The molecule has 3 N–H and O–H groups in total. The van der Waals surface area contributed by atoms with Crippen molar-refractivity contribution in [1.82, 2.24) is 15.3 Å². The first-order chi connectivity index (χ1) is 14.3. The predicted molar refractivity (Wildman–Crippen MR) is 120 cm³/mol. The van der Waals surface area contributed by atoms with Gasteiger partial charge in [0.15, 0.2) is 0 Å². The van der Waals surface area contributed by atoms with Gasteiger partial charge in [0, 0.05) is 18.5 Å². The quantitative estimate of drug-likeness (QED) is 0.556. The van der Waals surface area contributed by atoms with Crippen LogP contribution >= 0.6 is 0 Å². The molecule has 150 valence electrons. The number of hydrogen-bond acceptors (Lipinski definition) is 5. The van der Waals surface area contributed by atoms with Crippen LogP contribution in [0.25, 0.3) is 22.0 Å². The maximum atomic E-state index is 4.87. The lowest BCUT2D eigenvalue weighted by Crippen LogP contribution is -2.31. The number of aromatic nitrogens is 2. The number of fused-ring (bicyclic) bond motifs is 1. The third-order valence-electron chi connectivity index (χ3n) is 6.07. The highest BCUT2D eigenvalue weighted by molar-refractivity contribution is 5.93. The van der Waals surface area contributed by atoms with Crippen LogP contribution < -0.4 is 16.0 Å². The molecule has 5 nitrogen and oxygen atoms in total. The first kappa shape index (κ1) is 18.4. The van der Waals surface area contributed by atoms with E-state index in [0.29, 0.717) is 5.92 Å². The molecule has 0 radical (unpaired) electrons. The van der Waals surface area contributed by atoms with E-state index >= 15 is 0 Å². The Kier molecular flexibility index (Phi) is 5.31. The van der Waals surface area contributed by atoms with Crippen molar-refractivity contribution >= 4 is 22.7 Å². The lowest BCUT2D eigenvalue weighted by Gasteiger charge is -2.23. The molecular weight excluding hydrogens is 358 g/mol. The molecule has 2 aromatic carbocycles. The topological polar surface area (TPSA) is 61.9 Å². The van der Waals surface area contributed by atoms with Crippen LogP contribution in [0.2, 0.25) is 0 Å². The molecule has 5 rings (SSSR count). The molecule has 2 fully saturated rings. The van der Waals surface area contributed by atoms with Gasteiger partial charge in [0.05, 0.1) is 5.52 Å². The van der Waals surface area contributed by atoms with Crippen molar-refractivity contribution in [3.63, 3.8) is 0 Å². The highest BCUT2D eigenvalue weighted by atomic mass is 15.1. The van der Waals surface area contributed by atoms with E-state index in [0.717, 1.165) is 54.8 Å². The predicted octanol–water partition coefficient (Wildman–Crippen LogP) is 4.53. The molecule has 0 bridgehead atoms. The SMILES string of the molecule is c1ccc(-c2ccc3nc(NCC4CC4)nc(NCC4CCNCC4)c3c2)cc1. The molecule has 3 aromatic rings. The van der Waals surface area contributed by atoms with Crippen molar-refractivity contribution in [2.24, 2.45) is 11.8 Å². The van der Waals surface area contributed by atoms with Crippen LogP contribution in [0.1, 0.15) is 25.7 Å². The molecule has 29 heavy (non-hydrogen) atoms. The Labute approximate surface area is 172 Å². The second-order valence-electron chi connectivity index (χ2n) is 8.39. The Hall–Kier alpha value is -2.66. The van der Waals surface area contributed by atoms with E-state index in [4.69, 9.17) is 9.97 Å². The second kappa shape index (κ2) is 8.37. The third-order valence-corrected chi connectivity index (χ3v) is 6.07. The molecule has 1 aliphatic heterocycles. The maximum Gasteiger partial charge on any atom is 0.225 e. The number of rotatable bonds is 7. The monoisotopic (exact) mass is 387 g/mol. The summed E-state index contributed by atoms with van der Waals surface area (Å²) in [5, 5.41) is 11.7. The van der Waals surface area contributed by atoms with Crippen molar-refractivity contribution < 1.29 is 0 Å². The highest BCUT2D eigenvalue weighted by Crippen LogP contribution is 2.31. The van der Waals surface area contributed by atoms with E-state index < -0.39 is 0 Å². The van der Waals surface area contributed by atoms with Crippen molar-refractivity contribution in [3.8, 4) is 11.1 Å². The van der Waals surface area contributed by atoms with E-state index in [1.165, 1.54) is 36.8 Å². The molecule has 1 aromatic heterocycles. The standard InChI is InChI=1S/C24H29N5/c1-2-4-19(5-3-1)20-8-9-22-21(14-20)23(26-15-18-10-12-25-13-11-18)29-24(28-22)27-16-17-6-7-17/h1-5,8-9,14,17-18,25H,6-7,10-13,15-16H2,(H2,26,27,28,29). The molecule has 2 aliphatic rings. The molecule has 2 heterocycles. The Bertz CT molecular complexity index is 962. The molecule has 0 amide bonds. The Balaban J connectivity index is 1.46. The molecule has 1 saturated carbocycles. The Morgan fingerprint density at radius 3 is 2.34 bits per heavy atom. The van der Waals surface area contributed by atoms with Crippen LogP contribution in [-0.2, 0) is 0 Å². The van der Waals surface area contributed by atoms with Gasteiger partial charge in [0.25, 0.3) is 0 Å². The van der Waals surface area contributed by atoms with Gasteiger partial charge in [0.1, 0.15) is 5.82 Å². The molecule has 1 saturated heterocycles. The van der Waals surface area contributed by atoms with Gasteiger partial charge < -0.3 is 16.0 Å². The van der Waals surface area contributed by atoms with Crippen molar-refractivity contribution in [2.75, 3.05) is 36.8 Å². The average Bonchev–Trinajstić information content (AvgIpc) is 3.62. The largest absolute Gasteiger partial charge is 0.369 e. The van der Waals surface area contributed by atoms with E-state index in [1.54, 1.807) is 0 Å². The van der Waals surface area contributed by atoms with Gasteiger partial charge in [-0.15, -0.1) is 0 Å². The number of nitrogens with one attached hydrogen (secondary N) is 3. The zero-order chi connectivity index (χ0) is 19.5. The molecule has 5 heteroatoms. The Morgan fingerprint density at radius 1 is 0.793 bits per heavy atom. The molecule has 0 atom stereocenters. The van der Waals surface area contributed by atoms with Gasteiger partial charge in [-0.3, -0.25) is 0 Å². The summed E-state index contributed by atoms with van der Waals surface area (Å²) >= 11 is 0. The number of nitrogens with zero attached hydrogens (tertiary/aromatic N) is 2. The lowest BCUT2D eigenvalue weighted by molar-refractivity contribution is 0.389. The van der Waals surface area contributed by atoms with Crippen LogP contribution in [-0.4, -0.2) is 36.1 Å². The number of hydrogen-bond donors (Lipinski definition) is 3. The minimum Gasteiger partial charge on any atom is -0.369 e. The minimum absolute atomic E-state index is 0.696. The van der Waals surface area contributed by atoms with Crippen LogP contribution in [0, 0.1) is 11.8 Å². The van der Waals surface area contributed by atoms with Gasteiger partial charge in [0.2, 0.25) is 5.95 Å². The van der Waals surface area contributed by atoms with Crippen LogP contribution in [0.3, 0.4) is 0 Å². The first-order valence-corrected chi connectivity index (χ1v) is 10.9. The van der Waals surface area contributed by atoms with Crippen LogP contribution in [0.5, 0.6) is 0 Å². The average molecular weight is 388 g/mol. The van der Waals surface area contributed by atoms with Gasteiger partial charge in [-0.2, -0.15) is 4.98 Å². The zero-order valence-corrected chi connectivity index (χ0v) is 16.8. The summed E-state index contributed by atoms with van der Waals surface area (Å²) < 4.78 is 0. The molecule has 1 aliphatic carbocycles. The van der Waals surface area contributed by atoms with E-state index in [-0.39, 0.29) is 0 Å². The van der Waals surface area contributed by atoms with E-state index in [9.17, 15) is 0 Å². The fourth-order valence-electron chi connectivity index (χ4n) is 4.04. The third kappa shape index (κ3) is 4.51. The highest BCUT2D eigenvalue weighted by Gasteiger charge is 2.21. The van der Waals surface area contributed by atoms with Gasteiger partial charge in [-0.05, 0) is 73.9 Å². The summed E-state index contributed by atoms with van der Waals surface area (Å²) in [5.74, 6) is 3.18. The first-order valence-electron chi connectivity index (χ1n) is 10.9. The van der Waals surface area contributed by atoms with Crippen molar-refractivity contribution in [1.29, 1.82) is 0 Å². The summed E-state index contributed by atoms with van der Waals surface area (Å²) in [7, 11) is 0. The maximum absolute atomic E-state index is 4.87. The zero-order valence-electron chi connectivity index (χ0n) is 16.8. The normalized spacial score (nSPS) is 17.4. The summed E-state index contributed by atoms with van der Waals surface area (Å²) in [6.07, 6.45) is 5.08. The van der Waals surface area contributed by atoms with E-state index in [2.05, 4.69) is 64.5 Å². The number of benzene rings is 2. The van der Waals surface area contributed by atoms with E-state index in [1.807, 2.05) is 0 Å². The van der Waals surface area contributed by atoms with Crippen LogP contribution in [0.15, 0.2) is 48.5 Å². The number of anilines is 2. The molecular formula is C24H29N5. The lowest BCUT2D eigenvalue weighted by atomic mass is 9.98. The fourth-order valence-corrected chi connectivity index (χ4v) is 4.04. The summed E-state index contributed by atoms with van der Waals surface area (Å²) in [4.78, 5) is 9.66. The summed E-state index contributed by atoms with van der Waals surface area (Å²) in [6, 6.07) is 17.0. The molecule has 0 spiro atoms. The van der Waals surface area contributed by atoms with Crippen molar-refractivity contribution in [2.45, 2.75) is 25.7 Å². The van der Waals surface area contributed by atoms with Gasteiger partial charge in [-0.1, -0.05) is 36.4 Å². The minimum atomic E-state index is 0.696. The second-order valence-corrected chi connectivity index (χ2v) is 8.39. The van der Waals surface area contributed by atoms with Crippen LogP contribution in [0.4, 0.5) is 11.8 Å². The van der Waals surface area contributed by atoms with Gasteiger partial charge >= 0.3 is 0 Å². The molecule has 0 unspecified atom stereocenters. The van der Waals surface area contributed by atoms with Gasteiger partial charge in [-0.25, -0.2) is 4.98 Å². The Morgan fingerprint density at radius 2 is 1.55 bits per heavy atom. The smallest absolute Gasteiger partial charge is 0.225 e. The summed E-state index contributed by atoms with van der Waals surface area (Å²) in [5.41, 5.74) is 3.41.